The highest BCUT2D eigenvalue weighted by Crippen LogP contribution is 2.30. The van der Waals surface area contributed by atoms with E-state index in [9.17, 15) is 24.0 Å². The third-order valence-electron chi connectivity index (χ3n) is 5.32. The summed E-state index contributed by atoms with van der Waals surface area (Å²) < 4.78 is 12.6. The van der Waals surface area contributed by atoms with Crippen molar-refractivity contribution >= 4 is 29.4 Å². The van der Waals surface area contributed by atoms with Gasteiger partial charge in [-0.1, -0.05) is 45.9 Å². The number of nitrogens with one attached hydrogen (secondary N) is 1. The van der Waals surface area contributed by atoms with Crippen molar-refractivity contribution in [3.8, 4) is 17.2 Å². The van der Waals surface area contributed by atoms with Gasteiger partial charge in [0, 0.05) is 12.6 Å². The molecule has 0 saturated carbocycles. The number of benzene rings is 2. The summed E-state index contributed by atoms with van der Waals surface area (Å²) in [6.07, 6.45) is 0. The molecule has 0 aliphatic carbocycles. The van der Waals surface area contributed by atoms with E-state index in [0.717, 1.165) is 9.13 Å². The number of esters is 2. The summed E-state index contributed by atoms with van der Waals surface area (Å²) in [7, 11) is 1.26. The van der Waals surface area contributed by atoms with Crippen molar-refractivity contribution in [3.63, 3.8) is 0 Å². The van der Waals surface area contributed by atoms with Gasteiger partial charge in [-0.2, -0.15) is 0 Å². The quantitative estimate of drug-likeness (QED) is 0.365. The van der Waals surface area contributed by atoms with Crippen molar-refractivity contribution in [2.45, 2.75) is 27.7 Å². The minimum Gasteiger partial charge on any atom is -0.422 e. The first-order valence-electron chi connectivity index (χ1n) is 11.5. The monoisotopic (exact) mass is 508 g/mol. The van der Waals surface area contributed by atoms with E-state index in [2.05, 4.69) is 5.32 Å². The Hall–Kier alpha value is -4.67. The molecule has 194 valence electrons. The number of carbonyl (C=O) groups excluding carboxylic acids is 3. The molecule has 0 aliphatic heterocycles. The first-order chi connectivity index (χ1) is 17.4. The molecule has 37 heavy (non-hydrogen) atoms. The van der Waals surface area contributed by atoms with E-state index in [1.165, 1.54) is 25.2 Å². The molecule has 1 heterocycles. The van der Waals surface area contributed by atoms with Crippen LogP contribution in [-0.4, -0.2) is 27.0 Å². The minimum absolute atomic E-state index is 0.0187. The lowest BCUT2D eigenvalue weighted by molar-refractivity contribution is -0.140. The predicted octanol–water partition coefficient (Wildman–Crippen LogP) is 2.49. The van der Waals surface area contributed by atoms with Gasteiger partial charge in [0.25, 0.3) is 11.5 Å². The van der Waals surface area contributed by atoms with Gasteiger partial charge in [0.05, 0.1) is 17.5 Å². The molecular weight excluding hydrogens is 480 g/mol. The summed E-state index contributed by atoms with van der Waals surface area (Å²) in [5.74, 6) is -3.32. The van der Waals surface area contributed by atoms with Crippen LogP contribution in [0, 0.1) is 11.8 Å². The van der Waals surface area contributed by atoms with Gasteiger partial charge in [-0.15, -0.1) is 0 Å². The molecule has 1 amide bonds. The Labute approximate surface area is 212 Å². The second kappa shape index (κ2) is 10.9. The van der Waals surface area contributed by atoms with Gasteiger partial charge >= 0.3 is 17.6 Å². The number of nitrogens with two attached hydrogens (primary N) is 1. The molecule has 2 aromatic carbocycles. The standard InChI is InChI=1S/C26H28N4O7/c1-14(2)24(33)36-18-12-11-16(13-19(18)37-25(34)15(3)4)22(31)28-20-21(27)30(17-9-7-6-8-10-17)26(35)29(5)23(20)32/h6-15H,27H2,1-5H3,(H,28,31). The number of hydrogen-bond donors (Lipinski definition) is 2. The molecule has 0 spiro atoms. The summed E-state index contributed by atoms with van der Waals surface area (Å²) >= 11 is 0. The van der Waals surface area contributed by atoms with E-state index in [1.54, 1.807) is 58.0 Å². The Bertz CT molecular complexity index is 1470. The molecule has 0 fully saturated rings. The number of hydrogen-bond acceptors (Lipinski definition) is 8. The summed E-state index contributed by atoms with van der Waals surface area (Å²) in [5.41, 5.74) is 4.73. The first-order valence-corrected chi connectivity index (χ1v) is 11.5. The molecule has 11 nitrogen and oxygen atoms in total. The molecule has 0 atom stereocenters. The van der Waals surface area contributed by atoms with Crippen LogP contribution in [0.25, 0.3) is 5.69 Å². The Balaban J connectivity index is 2.04. The average molecular weight is 509 g/mol. The number of nitrogens with zero attached hydrogens (tertiary/aromatic N) is 2. The van der Waals surface area contributed by atoms with Crippen molar-refractivity contribution in [3.05, 3.63) is 74.9 Å². The number of para-hydroxylation sites is 1. The highest BCUT2D eigenvalue weighted by Gasteiger charge is 2.22. The molecule has 11 heteroatoms. The molecule has 0 bridgehead atoms. The smallest absolute Gasteiger partial charge is 0.337 e. The van der Waals surface area contributed by atoms with Crippen molar-refractivity contribution in [1.29, 1.82) is 0 Å². The van der Waals surface area contributed by atoms with Crippen LogP contribution in [-0.2, 0) is 16.6 Å². The maximum Gasteiger partial charge on any atom is 0.337 e. The van der Waals surface area contributed by atoms with Crippen LogP contribution in [0.4, 0.5) is 11.5 Å². The molecule has 1 aromatic heterocycles. The van der Waals surface area contributed by atoms with Gasteiger partial charge in [-0.05, 0) is 30.3 Å². The Morgan fingerprint density at radius 2 is 1.43 bits per heavy atom. The molecule has 3 rings (SSSR count). The van der Waals surface area contributed by atoms with Crippen molar-refractivity contribution in [1.82, 2.24) is 9.13 Å². The van der Waals surface area contributed by atoms with Gasteiger partial charge in [-0.3, -0.25) is 23.7 Å². The van der Waals surface area contributed by atoms with Gasteiger partial charge in [0.2, 0.25) is 0 Å². The van der Waals surface area contributed by atoms with Crippen LogP contribution in [0.15, 0.2) is 58.1 Å². The number of amides is 1. The van der Waals surface area contributed by atoms with Crippen LogP contribution < -0.4 is 31.8 Å². The number of nitrogen functional groups attached to an aromatic ring is 1. The normalized spacial score (nSPS) is 10.9. The zero-order valence-electron chi connectivity index (χ0n) is 21.1. The predicted molar refractivity (Wildman–Crippen MR) is 137 cm³/mol. The van der Waals surface area contributed by atoms with Crippen LogP contribution in [0.1, 0.15) is 38.1 Å². The number of aromatic nitrogens is 2. The van der Waals surface area contributed by atoms with Crippen molar-refractivity contribution in [2.75, 3.05) is 11.1 Å². The van der Waals surface area contributed by atoms with Gasteiger partial charge < -0.3 is 20.5 Å². The number of rotatable bonds is 7. The highest BCUT2D eigenvalue weighted by molar-refractivity contribution is 6.06. The fourth-order valence-corrected chi connectivity index (χ4v) is 3.12. The Kier molecular flexibility index (Phi) is 7.96. The number of carbonyl (C=O) groups is 3. The van der Waals surface area contributed by atoms with Crippen LogP contribution in [0.3, 0.4) is 0 Å². The van der Waals surface area contributed by atoms with Crippen molar-refractivity contribution in [2.24, 2.45) is 18.9 Å². The van der Waals surface area contributed by atoms with E-state index < -0.39 is 40.9 Å². The van der Waals surface area contributed by atoms with Crippen LogP contribution in [0.2, 0.25) is 0 Å². The van der Waals surface area contributed by atoms with E-state index in [4.69, 9.17) is 15.2 Å². The maximum atomic E-state index is 13.1. The summed E-state index contributed by atoms with van der Waals surface area (Å²) in [6.45, 7) is 6.53. The first kappa shape index (κ1) is 26.9. The molecule has 0 unspecified atom stereocenters. The summed E-state index contributed by atoms with van der Waals surface area (Å²) in [5, 5.41) is 2.45. The molecule has 0 saturated heterocycles. The van der Waals surface area contributed by atoms with Crippen LogP contribution >= 0.6 is 0 Å². The number of ether oxygens (including phenoxy) is 2. The van der Waals surface area contributed by atoms with E-state index in [0.29, 0.717) is 5.69 Å². The second-order valence-electron chi connectivity index (χ2n) is 8.85. The molecule has 3 N–H and O–H groups in total. The topological polar surface area (TPSA) is 152 Å². The lowest BCUT2D eigenvalue weighted by Crippen LogP contribution is -2.40. The number of anilines is 2. The lowest BCUT2D eigenvalue weighted by atomic mass is 10.1. The van der Waals surface area contributed by atoms with Gasteiger partial charge in [-0.25, -0.2) is 9.36 Å². The third kappa shape index (κ3) is 5.77. The second-order valence-corrected chi connectivity index (χ2v) is 8.85. The summed E-state index contributed by atoms with van der Waals surface area (Å²) in [4.78, 5) is 63.0. The van der Waals surface area contributed by atoms with E-state index in [-0.39, 0.29) is 28.6 Å². The molecule has 3 aromatic rings. The van der Waals surface area contributed by atoms with Crippen LogP contribution in [0.5, 0.6) is 11.5 Å². The fraction of sp³-hybridized carbons (Fsp3) is 0.269. The zero-order chi connectivity index (χ0) is 27.4. The third-order valence-corrected chi connectivity index (χ3v) is 5.32. The van der Waals surface area contributed by atoms with E-state index >= 15 is 0 Å². The van der Waals surface area contributed by atoms with Gasteiger partial charge in [0.1, 0.15) is 11.5 Å². The minimum atomic E-state index is -0.808. The Morgan fingerprint density at radius 3 is 2.00 bits per heavy atom. The Morgan fingerprint density at radius 1 is 0.865 bits per heavy atom. The lowest BCUT2D eigenvalue weighted by Gasteiger charge is -2.16. The summed E-state index contributed by atoms with van der Waals surface area (Å²) in [6, 6.07) is 12.2. The largest absolute Gasteiger partial charge is 0.422 e. The highest BCUT2D eigenvalue weighted by atomic mass is 16.6. The fourth-order valence-electron chi connectivity index (χ4n) is 3.12. The van der Waals surface area contributed by atoms with Crippen molar-refractivity contribution < 1.29 is 23.9 Å². The van der Waals surface area contributed by atoms with E-state index in [1.807, 2.05) is 0 Å². The van der Waals surface area contributed by atoms with Gasteiger partial charge in [0.15, 0.2) is 11.5 Å². The molecule has 0 radical (unpaired) electrons. The zero-order valence-corrected chi connectivity index (χ0v) is 21.1. The SMILES string of the molecule is CC(C)C(=O)Oc1ccc(C(=O)Nc2c(N)n(-c3ccccc3)c(=O)n(C)c2=O)cc1OC(=O)C(C)C. The maximum absolute atomic E-state index is 13.1. The molecule has 0 aliphatic rings. The molecular formula is C26H28N4O7. The average Bonchev–Trinajstić information content (AvgIpc) is 2.86.